The number of nitrogens with one attached hydrogen (secondary N) is 1. The Bertz CT molecular complexity index is 627. The molecule has 1 aromatic carbocycles. The van der Waals surface area contributed by atoms with Crippen LogP contribution in [0.25, 0.3) is 0 Å². The summed E-state index contributed by atoms with van der Waals surface area (Å²) >= 11 is 0. The zero-order chi connectivity index (χ0) is 17.0. The molecule has 1 atom stereocenters. The summed E-state index contributed by atoms with van der Waals surface area (Å²) in [7, 11) is 0. The molecular weight excluding hydrogens is 296 g/mol. The van der Waals surface area contributed by atoms with Crippen molar-refractivity contribution in [1.29, 1.82) is 0 Å². The largest absolute Gasteiger partial charge is 0.465 e. The maximum Gasteiger partial charge on any atom is 0.325 e. The summed E-state index contributed by atoms with van der Waals surface area (Å²) in [4.78, 5) is 37.3. The van der Waals surface area contributed by atoms with Crippen molar-refractivity contribution in [2.24, 2.45) is 5.92 Å². The molecule has 1 heterocycles. The summed E-state index contributed by atoms with van der Waals surface area (Å²) in [5, 5.41) is 2.53. The average molecular weight is 318 g/mol. The van der Waals surface area contributed by atoms with Gasteiger partial charge in [0.25, 0.3) is 0 Å². The molecular formula is C17H22N2O4. The Morgan fingerprint density at radius 2 is 2.09 bits per heavy atom. The molecule has 6 nitrogen and oxygen atoms in total. The fourth-order valence-electron chi connectivity index (χ4n) is 2.74. The molecule has 124 valence electrons. The standard InChI is InChI=1S/C17H22N2O4/c1-4-23-16(21)9-18-17(22)13-8-15(20)19(10-13)14-6-5-11(2)7-12(14)3/h5-7,13H,4,8-10H2,1-3H3,(H,18,22). The van der Waals surface area contributed by atoms with Crippen molar-refractivity contribution in [3.8, 4) is 0 Å². The van der Waals surface area contributed by atoms with E-state index in [2.05, 4.69) is 5.32 Å². The predicted octanol–water partition coefficient (Wildman–Crippen LogP) is 1.34. The van der Waals surface area contributed by atoms with Crippen LogP contribution in [0.4, 0.5) is 5.69 Å². The van der Waals surface area contributed by atoms with Crippen LogP contribution < -0.4 is 10.2 Å². The van der Waals surface area contributed by atoms with E-state index in [0.717, 1.165) is 16.8 Å². The first-order valence-electron chi connectivity index (χ1n) is 7.73. The minimum Gasteiger partial charge on any atom is -0.465 e. The number of hydrogen-bond donors (Lipinski definition) is 1. The Kier molecular flexibility index (Phi) is 5.36. The van der Waals surface area contributed by atoms with Crippen LogP contribution in [0.5, 0.6) is 0 Å². The predicted molar refractivity (Wildman–Crippen MR) is 86.0 cm³/mol. The van der Waals surface area contributed by atoms with Crippen molar-refractivity contribution >= 4 is 23.5 Å². The second-order valence-corrected chi connectivity index (χ2v) is 5.72. The summed E-state index contributed by atoms with van der Waals surface area (Å²) in [6.45, 7) is 6.09. The van der Waals surface area contributed by atoms with Gasteiger partial charge in [0, 0.05) is 18.7 Å². The Morgan fingerprint density at radius 1 is 1.35 bits per heavy atom. The third-order valence-corrected chi connectivity index (χ3v) is 3.85. The van der Waals surface area contributed by atoms with Gasteiger partial charge in [-0.05, 0) is 32.4 Å². The Labute approximate surface area is 135 Å². The van der Waals surface area contributed by atoms with Crippen LogP contribution in [0.3, 0.4) is 0 Å². The van der Waals surface area contributed by atoms with Crippen LogP contribution in [0.15, 0.2) is 18.2 Å². The van der Waals surface area contributed by atoms with Crippen LogP contribution in [0.1, 0.15) is 24.5 Å². The summed E-state index contributed by atoms with van der Waals surface area (Å²) in [5.74, 6) is -1.29. The van der Waals surface area contributed by atoms with Gasteiger partial charge in [-0.1, -0.05) is 17.7 Å². The minimum atomic E-state index is -0.476. The summed E-state index contributed by atoms with van der Waals surface area (Å²) in [6, 6.07) is 5.86. The maximum atomic E-state index is 12.2. The van der Waals surface area contributed by atoms with E-state index >= 15 is 0 Å². The topological polar surface area (TPSA) is 75.7 Å². The van der Waals surface area contributed by atoms with Crippen LogP contribution in [-0.2, 0) is 19.1 Å². The number of carbonyl (C=O) groups excluding carboxylic acids is 3. The Hall–Kier alpha value is -2.37. The lowest BCUT2D eigenvalue weighted by Gasteiger charge is -2.19. The van der Waals surface area contributed by atoms with E-state index in [1.807, 2.05) is 32.0 Å². The molecule has 23 heavy (non-hydrogen) atoms. The van der Waals surface area contributed by atoms with E-state index in [1.54, 1.807) is 11.8 Å². The molecule has 1 fully saturated rings. The monoisotopic (exact) mass is 318 g/mol. The molecule has 0 bridgehead atoms. The number of aryl methyl sites for hydroxylation is 2. The van der Waals surface area contributed by atoms with Gasteiger partial charge in [-0.25, -0.2) is 0 Å². The van der Waals surface area contributed by atoms with E-state index in [9.17, 15) is 14.4 Å². The number of benzene rings is 1. The molecule has 1 aromatic rings. The summed E-state index contributed by atoms with van der Waals surface area (Å²) in [5.41, 5.74) is 2.97. The molecule has 1 aliphatic rings. The van der Waals surface area contributed by atoms with Crippen LogP contribution in [0, 0.1) is 19.8 Å². The van der Waals surface area contributed by atoms with E-state index in [-0.39, 0.29) is 31.4 Å². The molecule has 0 saturated carbocycles. The zero-order valence-corrected chi connectivity index (χ0v) is 13.7. The number of esters is 1. The first-order chi connectivity index (χ1) is 10.9. The quantitative estimate of drug-likeness (QED) is 0.831. The van der Waals surface area contributed by atoms with Crippen LogP contribution >= 0.6 is 0 Å². The molecule has 0 aliphatic carbocycles. The van der Waals surface area contributed by atoms with Gasteiger partial charge >= 0.3 is 5.97 Å². The van der Waals surface area contributed by atoms with E-state index < -0.39 is 11.9 Å². The smallest absolute Gasteiger partial charge is 0.325 e. The number of hydrogen-bond acceptors (Lipinski definition) is 4. The number of rotatable bonds is 5. The van der Waals surface area contributed by atoms with Crippen molar-refractivity contribution in [2.45, 2.75) is 27.2 Å². The van der Waals surface area contributed by atoms with Gasteiger partial charge in [0.2, 0.25) is 11.8 Å². The molecule has 0 aromatic heterocycles. The number of ether oxygens (including phenoxy) is 1. The van der Waals surface area contributed by atoms with E-state index in [4.69, 9.17) is 4.74 Å². The fourth-order valence-corrected chi connectivity index (χ4v) is 2.74. The van der Waals surface area contributed by atoms with Crippen molar-refractivity contribution in [3.63, 3.8) is 0 Å². The lowest BCUT2D eigenvalue weighted by Crippen LogP contribution is -2.36. The molecule has 2 rings (SSSR count). The van der Waals surface area contributed by atoms with Gasteiger partial charge in [-0.2, -0.15) is 0 Å². The summed E-state index contributed by atoms with van der Waals surface area (Å²) in [6.07, 6.45) is 0.155. The first-order valence-corrected chi connectivity index (χ1v) is 7.73. The normalized spacial score (nSPS) is 17.3. The molecule has 6 heteroatoms. The zero-order valence-electron chi connectivity index (χ0n) is 13.7. The van der Waals surface area contributed by atoms with Crippen molar-refractivity contribution < 1.29 is 19.1 Å². The van der Waals surface area contributed by atoms with Crippen LogP contribution in [-0.4, -0.2) is 37.5 Å². The third-order valence-electron chi connectivity index (χ3n) is 3.85. The van der Waals surface area contributed by atoms with Gasteiger partial charge in [-0.15, -0.1) is 0 Å². The number of nitrogens with zero attached hydrogens (tertiary/aromatic N) is 1. The summed E-state index contributed by atoms with van der Waals surface area (Å²) < 4.78 is 4.76. The molecule has 0 radical (unpaired) electrons. The molecule has 2 amide bonds. The number of anilines is 1. The highest BCUT2D eigenvalue weighted by Gasteiger charge is 2.35. The highest BCUT2D eigenvalue weighted by atomic mass is 16.5. The molecule has 1 aliphatic heterocycles. The lowest BCUT2D eigenvalue weighted by molar-refractivity contribution is -0.143. The lowest BCUT2D eigenvalue weighted by atomic mass is 10.1. The van der Waals surface area contributed by atoms with Crippen LogP contribution in [0.2, 0.25) is 0 Å². The fraction of sp³-hybridized carbons (Fsp3) is 0.471. The van der Waals surface area contributed by atoms with Gasteiger partial charge in [0.05, 0.1) is 12.5 Å². The first kappa shape index (κ1) is 17.0. The molecule has 1 saturated heterocycles. The molecule has 1 N–H and O–H groups in total. The van der Waals surface area contributed by atoms with Gasteiger partial charge in [0.1, 0.15) is 6.54 Å². The Morgan fingerprint density at radius 3 is 2.74 bits per heavy atom. The van der Waals surface area contributed by atoms with Crippen molar-refractivity contribution in [2.75, 3.05) is 24.6 Å². The molecule has 0 spiro atoms. The van der Waals surface area contributed by atoms with Gasteiger partial charge in [-0.3, -0.25) is 14.4 Å². The number of carbonyl (C=O) groups is 3. The second kappa shape index (κ2) is 7.26. The van der Waals surface area contributed by atoms with Gasteiger partial charge < -0.3 is 15.0 Å². The highest BCUT2D eigenvalue weighted by Crippen LogP contribution is 2.28. The van der Waals surface area contributed by atoms with Crippen molar-refractivity contribution in [1.82, 2.24) is 5.32 Å². The minimum absolute atomic E-state index is 0.0757. The highest BCUT2D eigenvalue weighted by molar-refractivity contribution is 6.01. The van der Waals surface area contributed by atoms with E-state index in [1.165, 1.54) is 0 Å². The van der Waals surface area contributed by atoms with Gasteiger partial charge in [0.15, 0.2) is 0 Å². The van der Waals surface area contributed by atoms with Crippen molar-refractivity contribution in [3.05, 3.63) is 29.3 Å². The number of amides is 2. The van der Waals surface area contributed by atoms with E-state index in [0.29, 0.717) is 6.54 Å². The average Bonchev–Trinajstić information content (AvgIpc) is 2.87. The molecule has 1 unspecified atom stereocenters. The Balaban J connectivity index is 1.99. The maximum absolute atomic E-state index is 12.2. The SMILES string of the molecule is CCOC(=O)CNC(=O)C1CC(=O)N(c2ccc(C)cc2C)C1. The second-order valence-electron chi connectivity index (χ2n) is 5.72. The third kappa shape index (κ3) is 4.09.